The van der Waals surface area contributed by atoms with Crippen LogP contribution in [0.4, 0.5) is 0 Å². The highest BCUT2D eigenvalue weighted by molar-refractivity contribution is 6.07. The highest BCUT2D eigenvalue weighted by Crippen LogP contribution is 2.51. The SMILES string of the molecule is CC=C1CC2(CCC(OC)CC2)C(=O)C1=CCC. The Morgan fingerprint density at radius 2 is 2.06 bits per heavy atom. The zero-order chi connectivity index (χ0) is 13.2. The molecule has 2 saturated carbocycles. The number of Topliss-reactive ketones (excluding diaryl/α,β-unsaturated/α-hetero) is 1. The molecule has 0 atom stereocenters. The van der Waals surface area contributed by atoms with Crippen molar-refractivity contribution in [2.45, 2.75) is 58.5 Å². The number of allylic oxidation sites excluding steroid dienone is 4. The standard InChI is InChI=1S/C16H24O2/c1-4-6-14-12(5-2)11-16(15(14)17)9-7-13(18-3)8-10-16/h5-6,13H,4,7-11H2,1-3H3. The monoisotopic (exact) mass is 248 g/mol. The number of rotatable bonds is 2. The van der Waals surface area contributed by atoms with Gasteiger partial charge in [-0.05, 0) is 51.0 Å². The number of methoxy groups -OCH3 is 1. The zero-order valence-corrected chi connectivity index (χ0v) is 11.8. The number of ketones is 1. The quantitative estimate of drug-likeness (QED) is 0.694. The topological polar surface area (TPSA) is 26.3 Å². The summed E-state index contributed by atoms with van der Waals surface area (Å²) in [7, 11) is 1.78. The molecule has 0 aromatic heterocycles. The van der Waals surface area contributed by atoms with Crippen molar-refractivity contribution in [1.29, 1.82) is 0 Å². The largest absolute Gasteiger partial charge is 0.381 e. The summed E-state index contributed by atoms with van der Waals surface area (Å²) in [4.78, 5) is 12.7. The van der Waals surface area contributed by atoms with Crippen molar-refractivity contribution in [1.82, 2.24) is 0 Å². The molecule has 0 amide bonds. The molecule has 2 nitrogen and oxygen atoms in total. The van der Waals surface area contributed by atoms with E-state index in [1.807, 2.05) is 6.92 Å². The molecule has 0 aromatic carbocycles. The maximum Gasteiger partial charge on any atom is 0.169 e. The van der Waals surface area contributed by atoms with E-state index in [0.29, 0.717) is 11.9 Å². The second-order valence-electron chi connectivity index (χ2n) is 5.56. The van der Waals surface area contributed by atoms with Crippen molar-refractivity contribution in [2.75, 3.05) is 7.11 Å². The minimum atomic E-state index is -0.0993. The summed E-state index contributed by atoms with van der Waals surface area (Å²) in [6.07, 6.45) is 10.5. The van der Waals surface area contributed by atoms with E-state index < -0.39 is 0 Å². The first kappa shape index (κ1) is 13.5. The summed E-state index contributed by atoms with van der Waals surface area (Å²) in [5.74, 6) is 0.395. The summed E-state index contributed by atoms with van der Waals surface area (Å²) in [6.45, 7) is 4.15. The van der Waals surface area contributed by atoms with Crippen LogP contribution in [0.3, 0.4) is 0 Å². The summed E-state index contributed by atoms with van der Waals surface area (Å²) < 4.78 is 5.42. The smallest absolute Gasteiger partial charge is 0.169 e. The van der Waals surface area contributed by atoms with Gasteiger partial charge in [-0.15, -0.1) is 0 Å². The Balaban J connectivity index is 2.22. The van der Waals surface area contributed by atoms with Gasteiger partial charge >= 0.3 is 0 Å². The van der Waals surface area contributed by atoms with E-state index in [9.17, 15) is 4.79 Å². The molecule has 2 heteroatoms. The predicted molar refractivity (Wildman–Crippen MR) is 73.5 cm³/mol. The third-order valence-electron chi connectivity index (χ3n) is 4.58. The van der Waals surface area contributed by atoms with Gasteiger partial charge in [0.05, 0.1) is 6.10 Å². The molecule has 0 aliphatic heterocycles. The van der Waals surface area contributed by atoms with Gasteiger partial charge in [-0.25, -0.2) is 0 Å². The second kappa shape index (κ2) is 5.40. The third-order valence-corrected chi connectivity index (χ3v) is 4.58. The van der Waals surface area contributed by atoms with Gasteiger partial charge in [-0.2, -0.15) is 0 Å². The van der Waals surface area contributed by atoms with Gasteiger partial charge in [0, 0.05) is 18.1 Å². The summed E-state index contributed by atoms with van der Waals surface area (Å²) in [5.41, 5.74) is 2.16. The van der Waals surface area contributed by atoms with Crippen LogP contribution in [-0.2, 0) is 9.53 Å². The molecule has 0 N–H and O–H groups in total. The van der Waals surface area contributed by atoms with Gasteiger partial charge in [0.1, 0.15) is 0 Å². The Kier molecular flexibility index (Phi) is 4.06. The third kappa shape index (κ3) is 2.18. The molecule has 100 valence electrons. The number of ether oxygens (including phenoxy) is 1. The fraction of sp³-hybridized carbons (Fsp3) is 0.688. The minimum absolute atomic E-state index is 0.0993. The van der Waals surface area contributed by atoms with Crippen molar-refractivity contribution < 1.29 is 9.53 Å². The molecule has 2 fully saturated rings. The van der Waals surface area contributed by atoms with Crippen molar-refractivity contribution in [2.24, 2.45) is 5.41 Å². The highest BCUT2D eigenvalue weighted by atomic mass is 16.5. The molecule has 2 rings (SSSR count). The first-order valence-electron chi connectivity index (χ1n) is 7.10. The molecule has 0 radical (unpaired) electrons. The van der Waals surface area contributed by atoms with E-state index in [0.717, 1.165) is 44.1 Å². The summed E-state index contributed by atoms with van der Waals surface area (Å²) in [5, 5.41) is 0. The van der Waals surface area contributed by atoms with Crippen LogP contribution in [0.15, 0.2) is 23.3 Å². The average molecular weight is 248 g/mol. The Bertz CT molecular complexity index is 382. The van der Waals surface area contributed by atoms with Gasteiger partial charge in [0.15, 0.2) is 5.78 Å². The van der Waals surface area contributed by atoms with Crippen LogP contribution < -0.4 is 0 Å². The van der Waals surface area contributed by atoms with Gasteiger partial charge < -0.3 is 4.74 Å². The molecule has 2 aliphatic rings. The van der Waals surface area contributed by atoms with E-state index in [4.69, 9.17) is 4.74 Å². The van der Waals surface area contributed by atoms with Crippen LogP contribution >= 0.6 is 0 Å². The van der Waals surface area contributed by atoms with E-state index in [2.05, 4.69) is 19.1 Å². The second-order valence-corrected chi connectivity index (χ2v) is 5.56. The maximum absolute atomic E-state index is 12.7. The molecule has 0 saturated heterocycles. The lowest BCUT2D eigenvalue weighted by molar-refractivity contribution is -0.126. The molecule has 2 aliphatic carbocycles. The van der Waals surface area contributed by atoms with Crippen LogP contribution in [0.25, 0.3) is 0 Å². The first-order chi connectivity index (χ1) is 8.66. The fourth-order valence-electron chi connectivity index (χ4n) is 3.44. The Morgan fingerprint density at radius 1 is 1.39 bits per heavy atom. The van der Waals surface area contributed by atoms with Gasteiger partial charge in [0.25, 0.3) is 0 Å². The minimum Gasteiger partial charge on any atom is -0.381 e. The van der Waals surface area contributed by atoms with Crippen LogP contribution in [-0.4, -0.2) is 19.0 Å². The average Bonchev–Trinajstić information content (AvgIpc) is 2.66. The number of carbonyl (C=O) groups is 1. The molecule has 0 heterocycles. The van der Waals surface area contributed by atoms with Crippen molar-refractivity contribution in [3.8, 4) is 0 Å². The molecule has 0 bridgehead atoms. The van der Waals surface area contributed by atoms with Gasteiger partial charge in [0.2, 0.25) is 0 Å². The normalized spacial score (nSPS) is 37.1. The van der Waals surface area contributed by atoms with E-state index in [1.54, 1.807) is 7.11 Å². The lowest BCUT2D eigenvalue weighted by atomic mass is 9.71. The zero-order valence-electron chi connectivity index (χ0n) is 11.8. The molecule has 0 aromatic rings. The van der Waals surface area contributed by atoms with Crippen LogP contribution in [0.1, 0.15) is 52.4 Å². The highest BCUT2D eigenvalue weighted by Gasteiger charge is 2.48. The van der Waals surface area contributed by atoms with Crippen LogP contribution in [0, 0.1) is 5.41 Å². The predicted octanol–water partition coefficient (Wildman–Crippen LogP) is 3.82. The van der Waals surface area contributed by atoms with Gasteiger partial charge in [-0.3, -0.25) is 4.79 Å². The lowest BCUT2D eigenvalue weighted by Crippen LogP contribution is -2.34. The maximum atomic E-state index is 12.7. The van der Waals surface area contributed by atoms with Crippen LogP contribution in [0.5, 0.6) is 0 Å². The molecule has 0 unspecified atom stereocenters. The van der Waals surface area contributed by atoms with Crippen molar-refractivity contribution >= 4 is 5.78 Å². The lowest BCUT2D eigenvalue weighted by Gasteiger charge is -2.34. The van der Waals surface area contributed by atoms with E-state index in [-0.39, 0.29) is 5.41 Å². The van der Waals surface area contributed by atoms with Gasteiger partial charge in [-0.1, -0.05) is 19.1 Å². The molecule has 1 spiro atoms. The van der Waals surface area contributed by atoms with Crippen LogP contribution in [0.2, 0.25) is 0 Å². The summed E-state index contributed by atoms with van der Waals surface area (Å²) >= 11 is 0. The van der Waals surface area contributed by atoms with Crippen molar-refractivity contribution in [3.05, 3.63) is 23.3 Å². The van der Waals surface area contributed by atoms with E-state index >= 15 is 0 Å². The number of hydrogen-bond donors (Lipinski definition) is 0. The Hall–Kier alpha value is -0.890. The first-order valence-corrected chi connectivity index (χ1v) is 7.10. The fourth-order valence-corrected chi connectivity index (χ4v) is 3.44. The number of hydrogen-bond acceptors (Lipinski definition) is 2. The number of carbonyl (C=O) groups excluding carboxylic acids is 1. The summed E-state index contributed by atoms with van der Waals surface area (Å²) in [6, 6.07) is 0. The molecular formula is C16H24O2. The molecular weight excluding hydrogens is 224 g/mol. The molecule has 18 heavy (non-hydrogen) atoms. The Morgan fingerprint density at radius 3 is 2.56 bits per heavy atom. The Labute approximate surface area is 110 Å². The van der Waals surface area contributed by atoms with E-state index in [1.165, 1.54) is 5.57 Å². The van der Waals surface area contributed by atoms with Crippen molar-refractivity contribution in [3.63, 3.8) is 0 Å².